The third-order valence-corrected chi connectivity index (χ3v) is 3.35. The van der Waals surface area contributed by atoms with Crippen molar-refractivity contribution in [3.05, 3.63) is 29.7 Å². The summed E-state index contributed by atoms with van der Waals surface area (Å²) >= 11 is 0. The van der Waals surface area contributed by atoms with Crippen LogP contribution in [0.15, 0.2) is 18.5 Å². The molecular weight excluding hydrogens is 240 g/mol. The number of hydrogen-bond acceptors (Lipinski definition) is 4. The molecule has 2 N–H and O–H groups in total. The van der Waals surface area contributed by atoms with E-state index < -0.39 is 0 Å². The van der Waals surface area contributed by atoms with Crippen LogP contribution >= 0.6 is 0 Å². The molecule has 98 valence electrons. The van der Waals surface area contributed by atoms with E-state index in [0.29, 0.717) is 12.5 Å². The van der Waals surface area contributed by atoms with E-state index in [9.17, 15) is 4.79 Å². The maximum atomic E-state index is 10.5. The molecule has 0 spiro atoms. The highest BCUT2D eigenvalue weighted by molar-refractivity contribution is 5.87. The normalized spacial score (nSPS) is 15.7. The number of aromatic nitrogens is 3. The number of carbonyl (C=O) groups excluding carboxylic acids is 1. The average molecular weight is 256 g/mol. The first-order valence-corrected chi connectivity index (χ1v) is 6.51. The molecule has 5 heteroatoms. The summed E-state index contributed by atoms with van der Waals surface area (Å²) in [6.45, 7) is 2.23. The van der Waals surface area contributed by atoms with Gasteiger partial charge in [0.2, 0.25) is 0 Å². The van der Waals surface area contributed by atoms with Crippen LogP contribution in [-0.4, -0.2) is 27.8 Å². The van der Waals surface area contributed by atoms with Gasteiger partial charge in [-0.05, 0) is 19.8 Å². The van der Waals surface area contributed by atoms with Crippen molar-refractivity contribution in [2.24, 2.45) is 0 Å². The third kappa shape index (κ3) is 2.23. The Balaban J connectivity index is 2.02. The number of aldehydes is 1. The first-order valence-electron chi connectivity index (χ1n) is 6.51. The molecule has 2 aromatic rings. The van der Waals surface area contributed by atoms with Crippen molar-refractivity contribution in [3.63, 3.8) is 0 Å². The summed E-state index contributed by atoms with van der Waals surface area (Å²) in [7, 11) is 0. The van der Waals surface area contributed by atoms with Crippen LogP contribution in [0.1, 0.15) is 36.9 Å². The van der Waals surface area contributed by atoms with Gasteiger partial charge in [0.25, 0.3) is 0 Å². The molecule has 1 aliphatic carbocycles. The Morgan fingerprint density at radius 1 is 1.58 bits per heavy atom. The summed E-state index contributed by atoms with van der Waals surface area (Å²) < 4.78 is 0. The molecule has 1 saturated carbocycles. The Hall–Kier alpha value is -2.17. The molecule has 1 aliphatic rings. The number of nitrogens with one attached hydrogen (secondary N) is 2. The maximum Gasteiger partial charge on any atom is 0.156 e. The van der Waals surface area contributed by atoms with Crippen LogP contribution < -0.4 is 5.32 Å². The Morgan fingerprint density at radius 2 is 2.42 bits per heavy atom. The van der Waals surface area contributed by atoms with Crippen LogP contribution in [0.5, 0.6) is 0 Å². The molecule has 0 aromatic carbocycles. The standard InChI is InChI=1S/C14H16N4O/c1-2-11(15-5-6-19)10-7-16-14-13(10)18-12(8-17-14)9-3-4-9/h2,6-9,15H,3-5H2,1H3,(H,16,17)/b11-2+. The second-order valence-electron chi connectivity index (χ2n) is 4.72. The van der Waals surface area contributed by atoms with E-state index in [1.165, 1.54) is 12.8 Å². The molecule has 1 fully saturated rings. The number of fused-ring (bicyclic) bond motifs is 1. The van der Waals surface area contributed by atoms with Gasteiger partial charge in [0, 0.05) is 23.4 Å². The Kier molecular flexibility index (Phi) is 3.03. The van der Waals surface area contributed by atoms with E-state index in [1.54, 1.807) is 0 Å². The molecule has 0 radical (unpaired) electrons. The van der Waals surface area contributed by atoms with Gasteiger partial charge in [0.15, 0.2) is 5.65 Å². The van der Waals surface area contributed by atoms with E-state index in [1.807, 2.05) is 25.4 Å². The van der Waals surface area contributed by atoms with E-state index >= 15 is 0 Å². The molecule has 5 nitrogen and oxygen atoms in total. The molecule has 0 aliphatic heterocycles. The van der Waals surface area contributed by atoms with E-state index in [-0.39, 0.29) is 0 Å². The first-order chi connectivity index (χ1) is 9.33. The molecule has 0 atom stereocenters. The van der Waals surface area contributed by atoms with Crippen LogP contribution in [0, 0.1) is 0 Å². The summed E-state index contributed by atoms with van der Waals surface area (Å²) in [5.41, 5.74) is 4.59. The smallest absolute Gasteiger partial charge is 0.156 e. The van der Waals surface area contributed by atoms with Gasteiger partial charge in [0.1, 0.15) is 11.8 Å². The summed E-state index contributed by atoms with van der Waals surface area (Å²) in [6, 6.07) is 0. The van der Waals surface area contributed by atoms with Gasteiger partial charge in [0.05, 0.1) is 18.4 Å². The van der Waals surface area contributed by atoms with E-state index in [4.69, 9.17) is 4.98 Å². The predicted octanol–water partition coefficient (Wildman–Crippen LogP) is 1.98. The zero-order chi connectivity index (χ0) is 13.2. The van der Waals surface area contributed by atoms with Gasteiger partial charge >= 0.3 is 0 Å². The molecule has 0 amide bonds. The highest BCUT2D eigenvalue weighted by Gasteiger charge is 2.26. The topological polar surface area (TPSA) is 70.7 Å². The first kappa shape index (κ1) is 11.9. The highest BCUT2D eigenvalue weighted by Crippen LogP contribution is 2.39. The molecule has 0 saturated heterocycles. The van der Waals surface area contributed by atoms with Gasteiger partial charge in [-0.15, -0.1) is 0 Å². The summed E-state index contributed by atoms with van der Waals surface area (Å²) in [4.78, 5) is 22.7. The van der Waals surface area contributed by atoms with Gasteiger partial charge < -0.3 is 15.1 Å². The number of carbonyl (C=O) groups is 1. The van der Waals surface area contributed by atoms with Gasteiger partial charge in [-0.1, -0.05) is 6.08 Å². The SMILES string of the molecule is C/C=C(/NCC=O)c1c[nH]c2ncc(C3CC3)nc12. The highest BCUT2D eigenvalue weighted by atomic mass is 16.1. The minimum absolute atomic E-state index is 0.294. The Labute approximate surface area is 111 Å². The number of rotatable bonds is 5. The zero-order valence-corrected chi connectivity index (χ0v) is 10.8. The van der Waals surface area contributed by atoms with Crippen LogP contribution in [0.25, 0.3) is 16.9 Å². The molecule has 2 aromatic heterocycles. The van der Waals surface area contributed by atoms with Gasteiger partial charge in [-0.3, -0.25) is 0 Å². The lowest BCUT2D eigenvalue weighted by Crippen LogP contribution is -2.14. The van der Waals surface area contributed by atoms with Crippen LogP contribution in [-0.2, 0) is 4.79 Å². The Bertz CT molecular complexity index is 640. The molecule has 0 bridgehead atoms. The fraction of sp³-hybridized carbons (Fsp3) is 0.357. The molecular formula is C14H16N4O. The van der Waals surface area contributed by atoms with Gasteiger partial charge in [-0.25, -0.2) is 9.97 Å². The number of hydrogen-bond donors (Lipinski definition) is 2. The molecule has 2 heterocycles. The average Bonchev–Trinajstić information content (AvgIpc) is 3.21. The van der Waals surface area contributed by atoms with Crippen molar-refractivity contribution in [2.45, 2.75) is 25.7 Å². The van der Waals surface area contributed by atoms with Crippen molar-refractivity contribution in [1.29, 1.82) is 0 Å². The fourth-order valence-electron chi connectivity index (χ4n) is 2.19. The summed E-state index contributed by atoms with van der Waals surface area (Å²) in [5.74, 6) is 0.580. The van der Waals surface area contributed by atoms with Gasteiger partial charge in [-0.2, -0.15) is 0 Å². The molecule has 0 unspecified atom stereocenters. The van der Waals surface area contributed by atoms with Crippen molar-refractivity contribution in [3.8, 4) is 0 Å². The monoisotopic (exact) mass is 256 g/mol. The van der Waals surface area contributed by atoms with Crippen LogP contribution in [0.4, 0.5) is 0 Å². The van der Waals surface area contributed by atoms with Crippen molar-refractivity contribution >= 4 is 23.1 Å². The van der Waals surface area contributed by atoms with Crippen LogP contribution in [0.3, 0.4) is 0 Å². The summed E-state index contributed by atoms with van der Waals surface area (Å²) in [6.07, 6.45) is 8.94. The maximum absolute atomic E-state index is 10.5. The fourth-order valence-corrected chi connectivity index (χ4v) is 2.19. The van der Waals surface area contributed by atoms with E-state index in [0.717, 1.165) is 34.4 Å². The zero-order valence-electron chi connectivity index (χ0n) is 10.8. The number of aromatic amines is 1. The quantitative estimate of drug-likeness (QED) is 0.802. The van der Waals surface area contributed by atoms with Crippen LogP contribution in [0.2, 0.25) is 0 Å². The lowest BCUT2D eigenvalue weighted by molar-refractivity contribution is -0.107. The van der Waals surface area contributed by atoms with E-state index in [2.05, 4.69) is 15.3 Å². The molecule has 3 rings (SSSR count). The van der Waals surface area contributed by atoms with Crippen molar-refractivity contribution in [1.82, 2.24) is 20.3 Å². The van der Waals surface area contributed by atoms with Crippen molar-refractivity contribution < 1.29 is 4.79 Å². The lowest BCUT2D eigenvalue weighted by Gasteiger charge is -2.06. The van der Waals surface area contributed by atoms with Crippen molar-refractivity contribution in [2.75, 3.05) is 6.54 Å². The second-order valence-corrected chi connectivity index (χ2v) is 4.72. The lowest BCUT2D eigenvalue weighted by atomic mass is 10.2. The molecule has 19 heavy (non-hydrogen) atoms. The Morgan fingerprint density at radius 3 is 3.11 bits per heavy atom. The largest absolute Gasteiger partial charge is 0.378 e. The minimum Gasteiger partial charge on any atom is -0.378 e. The number of allylic oxidation sites excluding steroid dienone is 1. The predicted molar refractivity (Wildman–Crippen MR) is 73.6 cm³/mol. The third-order valence-electron chi connectivity index (χ3n) is 3.35. The summed E-state index contributed by atoms with van der Waals surface area (Å²) in [5, 5.41) is 3.08. The second kappa shape index (κ2) is 4.84. The number of H-pyrrole nitrogens is 1. The number of nitrogens with zero attached hydrogens (tertiary/aromatic N) is 2. The minimum atomic E-state index is 0.294.